The van der Waals surface area contributed by atoms with Gasteiger partial charge in [-0.1, -0.05) is 17.7 Å². The minimum atomic E-state index is -3.39. The minimum Gasteiger partial charge on any atom is -0.495 e. The number of benzene rings is 2. The van der Waals surface area contributed by atoms with Crippen molar-refractivity contribution < 1.29 is 17.9 Å². The van der Waals surface area contributed by atoms with Crippen LogP contribution in [-0.2, 0) is 16.4 Å². The molecule has 2 heterocycles. The van der Waals surface area contributed by atoms with E-state index in [1.54, 1.807) is 29.2 Å². The lowest BCUT2D eigenvalue weighted by molar-refractivity contribution is 0.193. The van der Waals surface area contributed by atoms with Crippen LogP contribution in [0.3, 0.4) is 0 Å². The zero-order chi connectivity index (χ0) is 25.0. The first-order chi connectivity index (χ1) is 16.7. The molecule has 1 N–H and O–H groups in total. The average Bonchev–Trinajstić information content (AvgIpc) is 3.33. The molecule has 0 fully saturated rings. The third kappa shape index (κ3) is 6.03. The van der Waals surface area contributed by atoms with E-state index >= 15 is 0 Å². The minimum absolute atomic E-state index is 0.153. The number of hydrogen-bond acceptors (Lipinski definition) is 10. The van der Waals surface area contributed by atoms with Crippen LogP contribution in [-0.4, -0.2) is 58.1 Å². The van der Waals surface area contributed by atoms with Crippen LogP contribution in [0.15, 0.2) is 60.0 Å². The Morgan fingerprint density at radius 2 is 1.86 bits per heavy atom. The van der Waals surface area contributed by atoms with Gasteiger partial charge in [0.25, 0.3) is 0 Å². The number of methoxy groups -OCH3 is 1. The van der Waals surface area contributed by atoms with E-state index in [9.17, 15) is 8.42 Å². The maximum absolute atomic E-state index is 11.9. The monoisotopic (exact) mass is 515 g/mol. The quantitative estimate of drug-likeness (QED) is 0.353. The predicted octanol–water partition coefficient (Wildman–Crippen LogP) is 3.41. The van der Waals surface area contributed by atoms with E-state index in [4.69, 9.17) is 21.1 Å². The van der Waals surface area contributed by atoms with Crippen molar-refractivity contribution in [2.75, 3.05) is 18.7 Å². The summed E-state index contributed by atoms with van der Waals surface area (Å²) in [5.74, 6) is 1.24. The molecule has 2 aromatic heterocycles. The van der Waals surface area contributed by atoms with Crippen LogP contribution in [0.5, 0.6) is 11.5 Å². The molecule has 0 radical (unpaired) electrons. The lowest BCUT2D eigenvalue weighted by Gasteiger charge is -2.16. The van der Waals surface area contributed by atoms with Gasteiger partial charge in [-0.2, -0.15) is 0 Å². The van der Waals surface area contributed by atoms with Crippen LogP contribution in [0.1, 0.15) is 6.92 Å². The second-order valence-corrected chi connectivity index (χ2v) is 10.1. The highest BCUT2D eigenvalue weighted by atomic mass is 35.5. The lowest BCUT2D eigenvalue weighted by atomic mass is 10.1. The fourth-order valence-corrected chi connectivity index (χ4v) is 4.04. The second kappa shape index (κ2) is 10.2. The normalized spacial score (nSPS) is 12.2. The van der Waals surface area contributed by atoms with Crippen LogP contribution < -0.4 is 14.8 Å². The Hall–Kier alpha value is -3.77. The van der Waals surface area contributed by atoms with Gasteiger partial charge in [-0.3, -0.25) is 0 Å². The van der Waals surface area contributed by atoms with E-state index in [1.165, 1.54) is 25.6 Å². The lowest BCUT2D eigenvalue weighted by Crippen LogP contribution is -2.20. The average molecular weight is 516 g/mol. The van der Waals surface area contributed by atoms with Crippen LogP contribution in [0.4, 0.5) is 11.6 Å². The molecule has 4 rings (SSSR count). The summed E-state index contributed by atoms with van der Waals surface area (Å²) in [7, 11) is -1.89. The van der Waals surface area contributed by atoms with Crippen molar-refractivity contribution in [3.63, 3.8) is 0 Å². The van der Waals surface area contributed by atoms with Gasteiger partial charge in [-0.15, -0.1) is 5.10 Å². The Morgan fingerprint density at radius 1 is 1.09 bits per heavy atom. The molecule has 182 valence electrons. The third-order valence-electron chi connectivity index (χ3n) is 4.93. The Balaban J connectivity index is 1.52. The zero-order valence-electron chi connectivity index (χ0n) is 19.1. The Morgan fingerprint density at radius 3 is 2.51 bits per heavy atom. The van der Waals surface area contributed by atoms with Gasteiger partial charge in [0.1, 0.15) is 23.9 Å². The van der Waals surface area contributed by atoms with Crippen molar-refractivity contribution in [3.8, 4) is 22.6 Å². The molecule has 1 unspecified atom stereocenters. The van der Waals surface area contributed by atoms with Crippen molar-refractivity contribution in [2.24, 2.45) is 0 Å². The summed E-state index contributed by atoms with van der Waals surface area (Å²) < 4.78 is 36.7. The number of tetrazole rings is 1. The van der Waals surface area contributed by atoms with Crippen molar-refractivity contribution in [3.05, 3.63) is 60.1 Å². The Labute approximate surface area is 207 Å². The molecule has 35 heavy (non-hydrogen) atoms. The number of hydrogen-bond donors (Lipinski definition) is 1. The van der Waals surface area contributed by atoms with Crippen molar-refractivity contribution >= 4 is 33.1 Å². The van der Waals surface area contributed by atoms with E-state index in [2.05, 4.69) is 30.8 Å². The fraction of sp³-hybridized carbons (Fsp3) is 0.227. The SMILES string of the molecule is COc1ccc(S(C)(=O)=O)cc1Nc1ncc(-c2ccc(Cl)c(OC(C)Cn3cnnn3)c2)cn1. The fourth-order valence-electron chi connectivity index (χ4n) is 3.23. The summed E-state index contributed by atoms with van der Waals surface area (Å²) in [5, 5.41) is 14.5. The van der Waals surface area contributed by atoms with Gasteiger partial charge in [0.05, 0.1) is 29.3 Å². The summed E-state index contributed by atoms with van der Waals surface area (Å²) >= 11 is 6.33. The van der Waals surface area contributed by atoms with E-state index in [1.807, 2.05) is 19.1 Å². The van der Waals surface area contributed by atoms with Crippen LogP contribution in [0.25, 0.3) is 11.1 Å². The van der Waals surface area contributed by atoms with Gasteiger partial charge in [-0.25, -0.2) is 23.1 Å². The smallest absolute Gasteiger partial charge is 0.227 e. The van der Waals surface area contributed by atoms with Crippen LogP contribution in [0.2, 0.25) is 5.02 Å². The third-order valence-corrected chi connectivity index (χ3v) is 6.35. The molecule has 0 amide bonds. The van der Waals surface area contributed by atoms with E-state index in [-0.39, 0.29) is 16.9 Å². The first-order valence-electron chi connectivity index (χ1n) is 10.4. The number of aromatic nitrogens is 6. The Kier molecular flexibility index (Phi) is 7.12. The standard InChI is InChI=1S/C22H22ClN7O4S/c1-14(12-30-13-26-28-29-30)34-21-8-15(4-6-18(21)23)16-10-24-22(25-11-16)27-19-9-17(35(3,31)32)5-7-20(19)33-2/h4-11,13-14H,12H2,1-3H3,(H,24,25,27). The van der Waals surface area contributed by atoms with Gasteiger partial charge in [-0.05, 0) is 53.2 Å². The molecule has 0 aliphatic rings. The van der Waals surface area contributed by atoms with E-state index in [0.717, 1.165) is 17.4 Å². The summed E-state index contributed by atoms with van der Waals surface area (Å²) in [4.78, 5) is 8.86. The molecule has 0 aliphatic heterocycles. The summed E-state index contributed by atoms with van der Waals surface area (Å²) in [5.41, 5.74) is 1.98. The van der Waals surface area contributed by atoms with Crippen molar-refractivity contribution in [2.45, 2.75) is 24.5 Å². The molecule has 13 heteroatoms. The van der Waals surface area contributed by atoms with Gasteiger partial charge in [0.15, 0.2) is 9.84 Å². The molecule has 0 spiro atoms. The number of sulfone groups is 1. The molecular formula is C22H22ClN7O4S. The molecule has 4 aromatic rings. The highest BCUT2D eigenvalue weighted by Crippen LogP contribution is 2.32. The summed E-state index contributed by atoms with van der Waals surface area (Å²) in [6.45, 7) is 2.35. The Bertz CT molecular complexity index is 1410. The van der Waals surface area contributed by atoms with Gasteiger partial charge in [0, 0.05) is 24.2 Å². The van der Waals surface area contributed by atoms with Crippen molar-refractivity contribution in [1.82, 2.24) is 30.2 Å². The predicted molar refractivity (Wildman–Crippen MR) is 130 cm³/mol. The molecule has 0 saturated heterocycles. The van der Waals surface area contributed by atoms with Gasteiger partial charge in [0.2, 0.25) is 5.95 Å². The summed E-state index contributed by atoms with van der Waals surface area (Å²) in [6, 6.07) is 9.92. The molecule has 0 saturated carbocycles. The largest absolute Gasteiger partial charge is 0.495 e. The second-order valence-electron chi connectivity index (χ2n) is 7.66. The number of halogens is 1. The van der Waals surface area contributed by atoms with Crippen LogP contribution in [0, 0.1) is 0 Å². The molecule has 1 atom stereocenters. The van der Waals surface area contributed by atoms with Gasteiger partial charge < -0.3 is 14.8 Å². The summed E-state index contributed by atoms with van der Waals surface area (Å²) in [6.07, 6.45) is 5.70. The zero-order valence-corrected chi connectivity index (χ0v) is 20.7. The number of nitrogens with one attached hydrogen (secondary N) is 1. The highest BCUT2D eigenvalue weighted by molar-refractivity contribution is 7.90. The molecule has 0 aliphatic carbocycles. The molecule has 2 aromatic carbocycles. The number of ether oxygens (including phenoxy) is 2. The number of anilines is 2. The van der Waals surface area contributed by atoms with E-state index in [0.29, 0.717) is 28.8 Å². The molecule has 11 nitrogen and oxygen atoms in total. The van der Waals surface area contributed by atoms with Crippen LogP contribution >= 0.6 is 11.6 Å². The van der Waals surface area contributed by atoms with E-state index < -0.39 is 9.84 Å². The number of nitrogens with zero attached hydrogens (tertiary/aromatic N) is 6. The highest BCUT2D eigenvalue weighted by Gasteiger charge is 2.14. The van der Waals surface area contributed by atoms with Gasteiger partial charge >= 0.3 is 0 Å². The molecular weight excluding hydrogens is 494 g/mol. The first kappa shape index (κ1) is 24.4. The maximum atomic E-state index is 11.9. The topological polar surface area (TPSA) is 134 Å². The maximum Gasteiger partial charge on any atom is 0.227 e. The van der Waals surface area contributed by atoms with Crippen molar-refractivity contribution in [1.29, 1.82) is 0 Å². The number of rotatable bonds is 9. The first-order valence-corrected chi connectivity index (χ1v) is 12.6. The molecule has 0 bridgehead atoms.